The van der Waals surface area contributed by atoms with Gasteiger partial charge in [0.05, 0.1) is 6.20 Å². The van der Waals surface area contributed by atoms with E-state index in [0.29, 0.717) is 12.4 Å². The quantitative estimate of drug-likeness (QED) is 0.380. The van der Waals surface area contributed by atoms with Gasteiger partial charge in [-0.1, -0.05) is 20.8 Å². The molecular formula is C20H22F4N6O. The number of nitrogens with zero attached hydrogens (tertiary/aromatic N) is 3. The van der Waals surface area contributed by atoms with Crippen LogP contribution in [0.2, 0.25) is 0 Å². The normalized spacial score (nSPS) is 11.6. The molecule has 0 atom stereocenters. The molecule has 3 aromatic rings. The highest BCUT2D eigenvalue weighted by molar-refractivity contribution is 6.00. The highest BCUT2D eigenvalue weighted by Crippen LogP contribution is 2.28. The molecule has 7 nitrogen and oxygen atoms in total. The van der Waals surface area contributed by atoms with Gasteiger partial charge in [0.25, 0.3) is 5.91 Å². The van der Waals surface area contributed by atoms with Crippen LogP contribution >= 0.6 is 0 Å². The molecule has 0 aliphatic rings. The SMILES string of the molecule is CCC(C)(C)CNC(=O)c1cnn2c(NC)cc(Nc3c(F)c(F)cc(F)c3F)nc12. The van der Waals surface area contributed by atoms with Crippen molar-refractivity contribution in [1.29, 1.82) is 0 Å². The largest absolute Gasteiger partial charge is 0.373 e. The van der Waals surface area contributed by atoms with Gasteiger partial charge in [0, 0.05) is 25.7 Å². The number of amides is 1. The molecule has 0 fully saturated rings. The summed E-state index contributed by atoms with van der Waals surface area (Å²) in [7, 11) is 1.56. The van der Waals surface area contributed by atoms with Gasteiger partial charge < -0.3 is 16.0 Å². The molecule has 0 saturated carbocycles. The van der Waals surface area contributed by atoms with E-state index >= 15 is 0 Å². The van der Waals surface area contributed by atoms with Crippen molar-refractivity contribution >= 4 is 28.9 Å². The molecule has 166 valence electrons. The molecule has 2 heterocycles. The van der Waals surface area contributed by atoms with E-state index in [1.165, 1.54) is 16.8 Å². The molecule has 31 heavy (non-hydrogen) atoms. The van der Waals surface area contributed by atoms with Crippen LogP contribution in [0.15, 0.2) is 18.3 Å². The Morgan fingerprint density at radius 3 is 2.35 bits per heavy atom. The van der Waals surface area contributed by atoms with Crippen LogP contribution in [0.3, 0.4) is 0 Å². The first-order valence-electron chi connectivity index (χ1n) is 9.52. The van der Waals surface area contributed by atoms with Crippen LogP contribution in [-0.2, 0) is 0 Å². The van der Waals surface area contributed by atoms with Crippen LogP contribution < -0.4 is 16.0 Å². The van der Waals surface area contributed by atoms with Gasteiger partial charge in [-0.15, -0.1) is 0 Å². The highest BCUT2D eigenvalue weighted by Gasteiger charge is 2.23. The second-order valence-electron chi connectivity index (χ2n) is 7.74. The summed E-state index contributed by atoms with van der Waals surface area (Å²) in [5.41, 5.74) is -0.949. The summed E-state index contributed by atoms with van der Waals surface area (Å²) in [5, 5.41) is 12.0. The van der Waals surface area contributed by atoms with E-state index in [1.807, 2.05) is 20.8 Å². The van der Waals surface area contributed by atoms with Crippen molar-refractivity contribution in [3.63, 3.8) is 0 Å². The number of aromatic nitrogens is 3. The van der Waals surface area contributed by atoms with Crippen molar-refractivity contribution in [2.45, 2.75) is 27.2 Å². The number of hydrogen-bond donors (Lipinski definition) is 3. The van der Waals surface area contributed by atoms with Gasteiger partial charge in [-0.3, -0.25) is 4.79 Å². The zero-order valence-corrected chi connectivity index (χ0v) is 17.4. The number of anilines is 3. The van der Waals surface area contributed by atoms with Crippen molar-refractivity contribution in [2.75, 3.05) is 24.2 Å². The Balaban J connectivity index is 2.02. The molecule has 0 saturated heterocycles. The first kappa shape index (κ1) is 22.3. The lowest BCUT2D eigenvalue weighted by Crippen LogP contribution is -2.33. The highest BCUT2D eigenvalue weighted by atomic mass is 19.2. The smallest absolute Gasteiger partial charge is 0.256 e. The van der Waals surface area contributed by atoms with E-state index in [0.717, 1.165) is 6.42 Å². The molecule has 2 aromatic heterocycles. The summed E-state index contributed by atoms with van der Waals surface area (Å²) in [4.78, 5) is 16.9. The molecule has 0 aliphatic heterocycles. The average molecular weight is 438 g/mol. The number of benzene rings is 1. The maximum absolute atomic E-state index is 14.0. The molecule has 0 aliphatic carbocycles. The molecule has 0 radical (unpaired) electrons. The van der Waals surface area contributed by atoms with Crippen molar-refractivity contribution in [2.24, 2.45) is 5.41 Å². The Bertz CT molecular complexity index is 1120. The molecular weight excluding hydrogens is 416 g/mol. The predicted octanol–water partition coefficient (Wildman–Crippen LogP) is 4.24. The summed E-state index contributed by atoms with van der Waals surface area (Å²) >= 11 is 0. The van der Waals surface area contributed by atoms with Crippen molar-refractivity contribution in [3.8, 4) is 0 Å². The van der Waals surface area contributed by atoms with Gasteiger partial charge in [0.15, 0.2) is 28.9 Å². The molecule has 3 N–H and O–H groups in total. The summed E-state index contributed by atoms with van der Waals surface area (Å²) in [6.07, 6.45) is 2.16. The molecule has 0 spiro atoms. The lowest BCUT2D eigenvalue weighted by Gasteiger charge is -2.22. The first-order chi connectivity index (χ1) is 14.6. The standard InChI is InChI=1S/C20H22F4N6O/c1-5-20(2,3)9-26-19(31)10-8-27-30-14(25-4)7-13(29-18(10)30)28-17-15(23)11(21)6-12(22)16(17)24/h6-8,25H,5,9H2,1-4H3,(H,26,31)(H,28,29). The molecule has 0 unspecified atom stereocenters. The number of hydrogen-bond acceptors (Lipinski definition) is 5. The monoisotopic (exact) mass is 438 g/mol. The fourth-order valence-corrected chi connectivity index (χ4v) is 2.72. The summed E-state index contributed by atoms with van der Waals surface area (Å²) < 4.78 is 56.5. The lowest BCUT2D eigenvalue weighted by molar-refractivity contribution is 0.0937. The Kier molecular flexibility index (Phi) is 6.05. The third-order valence-corrected chi connectivity index (χ3v) is 5.02. The van der Waals surface area contributed by atoms with Crippen LogP contribution in [0.4, 0.5) is 34.9 Å². The second-order valence-corrected chi connectivity index (χ2v) is 7.74. The Morgan fingerprint density at radius 1 is 1.13 bits per heavy atom. The average Bonchev–Trinajstić information content (AvgIpc) is 3.17. The fraction of sp³-hybridized carbons (Fsp3) is 0.350. The molecule has 1 amide bonds. The number of halogens is 4. The Labute approximate surface area is 175 Å². The van der Waals surface area contributed by atoms with Crippen LogP contribution in [0.25, 0.3) is 5.65 Å². The summed E-state index contributed by atoms with van der Waals surface area (Å²) in [5.74, 6) is -6.57. The van der Waals surface area contributed by atoms with Crippen LogP contribution in [0.1, 0.15) is 37.6 Å². The van der Waals surface area contributed by atoms with Gasteiger partial charge in [-0.25, -0.2) is 22.5 Å². The van der Waals surface area contributed by atoms with Gasteiger partial charge in [0.1, 0.15) is 22.9 Å². The Morgan fingerprint density at radius 2 is 1.77 bits per heavy atom. The minimum atomic E-state index is -1.60. The van der Waals surface area contributed by atoms with E-state index in [1.54, 1.807) is 7.05 Å². The van der Waals surface area contributed by atoms with E-state index in [9.17, 15) is 22.4 Å². The minimum absolute atomic E-state index is 0.0823. The van der Waals surface area contributed by atoms with Gasteiger partial charge in [-0.05, 0) is 11.8 Å². The van der Waals surface area contributed by atoms with Crippen LogP contribution in [-0.4, -0.2) is 34.1 Å². The van der Waals surface area contributed by atoms with E-state index in [2.05, 4.69) is 26.0 Å². The third kappa shape index (κ3) is 4.39. The Hall–Kier alpha value is -3.37. The van der Waals surface area contributed by atoms with Crippen LogP contribution in [0, 0.1) is 28.7 Å². The van der Waals surface area contributed by atoms with E-state index < -0.39 is 34.9 Å². The van der Waals surface area contributed by atoms with E-state index in [4.69, 9.17) is 0 Å². The van der Waals surface area contributed by atoms with Gasteiger partial charge >= 0.3 is 0 Å². The first-order valence-corrected chi connectivity index (χ1v) is 9.52. The lowest BCUT2D eigenvalue weighted by atomic mass is 9.90. The minimum Gasteiger partial charge on any atom is -0.373 e. The van der Waals surface area contributed by atoms with Crippen molar-refractivity contribution in [3.05, 3.63) is 47.2 Å². The van der Waals surface area contributed by atoms with Gasteiger partial charge in [-0.2, -0.15) is 9.61 Å². The summed E-state index contributed by atoms with van der Waals surface area (Å²) in [6, 6.07) is 1.44. The summed E-state index contributed by atoms with van der Waals surface area (Å²) in [6.45, 7) is 6.43. The third-order valence-electron chi connectivity index (χ3n) is 5.02. The molecule has 0 bridgehead atoms. The van der Waals surface area contributed by atoms with Gasteiger partial charge in [0.2, 0.25) is 0 Å². The second kappa shape index (κ2) is 8.40. The topological polar surface area (TPSA) is 83.4 Å². The number of rotatable bonds is 7. The van der Waals surface area contributed by atoms with Crippen molar-refractivity contribution in [1.82, 2.24) is 19.9 Å². The maximum atomic E-state index is 14.0. The number of carbonyl (C=O) groups excluding carboxylic acids is 1. The number of carbonyl (C=O) groups is 1. The fourth-order valence-electron chi connectivity index (χ4n) is 2.72. The number of fused-ring (bicyclic) bond motifs is 1. The molecule has 11 heteroatoms. The van der Waals surface area contributed by atoms with Crippen LogP contribution in [0.5, 0.6) is 0 Å². The molecule has 3 rings (SSSR count). The maximum Gasteiger partial charge on any atom is 0.256 e. The van der Waals surface area contributed by atoms with E-state index in [-0.39, 0.29) is 28.5 Å². The number of nitrogens with one attached hydrogen (secondary N) is 3. The molecule has 1 aromatic carbocycles. The van der Waals surface area contributed by atoms with Crippen molar-refractivity contribution < 1.29 is 22.4 Å². The zero-order valence-electron chi connectivity index (χ0n) is 17.4. The predicted molar refractivity (Wildman–Crippen MR) is 108 cm³/mol. The zero-order chi connectivity index (χ0) is 22.9.